The van der Waals surface area contributed by atoms with Gasteiger partial charge < -0.3 is 15.2 Å². The highest BCUT2D eigenvalue weighted by Crippen LogP contribution is 2.04. The lowest BCUT2D eigenvalue weighted by Crippen LogP contribution is -2.09. The molecule has 4 nitrogen and oxygen atoms in total. The van der Waals surface area contributed by atoms with Crippen LogP contribution >= 0.6 is 9.03 Å². The number of carbonyl (C=O) groups excluding carboxylic acids is 1. The van der Waals surface area contributed by atoms with Crippen LogP contribution in [0.4, 0.5) is 0 Å². The van der Waals surface area contributed by atoms with Crippen molar-refractivity contribution in [3.63, 3.8) is 0 Å². The quantitative estimate of drug-likeness (QED) is 0.395. The van der Waals surface area contributed by atoms with Crippen LogP contribution < -0.4 is 5.73 Å². The van der Waals surface area contributed by atoms with E-state index < -0.39 is 15.0 Å². The molecule has 0 fully saturated rings. The number of carbonyl (C=O) groups is 1. The van der Waals surface area contributed by atoms with Gasteiger partial charge in [0.25, 0.3) is 0 Å². The van der Waals surface area contributed by atoms with E-state index in [1.54, 1.807) is 0 Å². The zero-order chi connectivity index (χ0) is 6.57. The molecular weight excluding hydrogens is 129 g/mol. The molecule has 0 amide bonds. The molecule has 3 N–H and O–H groups in total. The SMILES string of the molecule is C=C(N)C(=O)OPO. The van der Waals surface area contributed by atoms with E-state index >= 15 is 0 Å². The van der Waals surface area contributed by atoms with Crippen LogP contribution in [-0.2, 0) is 9.32 Å². The van der Waals surface area contributed by atoms with Crippen molar-refractivity contribution in [2.24, 2.45) is 5.73 Å². The zero-order valence-corrected chi connectivity index (χ0v) is 5.05. The standard InChI is InChI=1S/C3H6NO3P/c1-2(4)3(5)7-8-6/h6,8H,1,4H2. The van der Waals surface area contributed by atoms with Crippen molar-refractivity contribution in [1.82, 2.24) is 0 Å². The lowest BCUT2D eigenvalue weighted by molar-refractivity contribution is -0.129. The maximum Gasteiger partial charge on any atom is 0.357 e. The Morgan fingerprint density at radius 1 is 1.88 bits per heavy atom. The maximum atomic E-state index is 10.1. The average molecular weight is 135 g/mol. The topological polar surface area (TPSA) is 72.6 Å². The molecule has 5 heteroatoms. The first-order valence-corrected chi connectivity index (χ1v) is 2.58. The molecule has 0 aliphatic heterocycles. The molecule has 0 saturated heterocycles. The summed E-state index contributed by atoms with van der Waals surface area (Å²) in [5.41, 5.74) is 4.64. The fraction of sp³-hybridized carbons (Fsp3) is 0. The summed E-state index contributed by atoms with van der Waals surface area (Å²) in [4.78, 5) is 18.1. The summed E-state index contributed by atoms with van der Waals surface area (Å²) >= 11 is 0. The summed E-state index contributed by atoms with van der Waals surface area (Å²) in [5, 5.41) is 0. The molecule has 0 saturated carbocycles. The fourth-order valence-corrected chi connectivity index (χ4v) is 0.321. The van der Waals surface area contributed by atoms with Gasteiger partial charge in [0.1, 0.15) is 5.70 Å². The molecule has 0 aliphatic rings. The maximum absolute atomic E-state index is 10.1. The van der Waals surface area contributed by atoms with Crippen LogP contribution in [0.3, 0.4) is 0 Å². The molecule has 0 radical (unpaired) electrons. The molecule has 0 heterocycles. The first-order chi connectivity index (χ1) is 3.68. The second-order valence-electron chi connectivity index (χ2n) is 1.01. The van der Waals surface area contributed by atoms with Crippen LogP contribution in [-0.4, -0.2) is 10.9 Å². The van der Waals surface area contributed by atoms with Crippen LogP contribution in [0.5, 0.6) is 0 Å². The van der Waals surface area contributed by atoms with Gasteiger partial charge in [0.05, 0.1) is 0 Å². The fourth-order valence-electron chi connectivity index (χ4n) is 0.107. The van der Waals surface area contributed by atoms with E-state index in [-0.39, 0.29) is 5.70 Å². The van der Waals surface area contributed by atoms with E-state index in [1.807, 2.05) is 0 Å². The first kappa shape index (κ1) is 7.40. The number of rotatable bonds is 2. The molecule has 8 heavy (non-hydrogen) atoms. The van der Waals surface area contributed by atoms with Crippen LogP contribution in [0.2, 0.25) is 0 Å². The van der Waals surface area contributed by atoms with Crippen LogP contribution in [0.25, 0.3) is 0 Å². The van der Waals surface area contributed by atoms with Gasteiger partial charge in [-0.1, -0.05) is 6.58 Å². The smallest absolute Gasteiger partial charge is 0.357 e. The van der Waals surface area contributed by atoms with Gasteiger partial charge >= 0.3 is 5.97 Å². The van der Waals surface area contributed by atoms with E-state index in [1.165, 1.54) is 0 Å². The van der Waals surface area contributed by atoms with Gasteiger partial charge in [-0.25, -0.2) is 4.79 Å². The van der Waals surface area contributed by atoms with E-state index in [9.17, 15) is 4.79 Å². The van der Waals surface area contributed by atoms with Crippen LogP contribution in [0.1, 0.15) is 0 Å². The summed E-state index contributed by atoms with van der Waals surface area (Å²) in [6.07, 6.45) is 0. The van der Waals surface area contributed by atoms with Gasteiger partial charge in [0, 0.05) is 0 Å². The largest absolute Gasteiger partial charge is 0.415 e. The van der Waals surface area contributed by atoms with Crippen molar-refractivity contribution in [2.75, 3.05) is 0 Å². The number of hydrogen-bond donors (Lipinski definition) is 2. The second kappa shape index (κ2) is 3.41. The molecule has 0 aromatic rings. The molecule has 0 aromatic carbocycles. The minimum absolute atomic E-state index is 0.202. The second-order valence-corrected chi connectivity index (χ2v) is 1.39. The summed E-state index contributed by atoms with van der Waals surface area (Å²) in [6.45, 7) is 3.07. The molecule has 0 aliphatic carbocycles. The lowest BCUT2D eigenvalue weighted by atomic mass is 10.5. The van der Waals surface area contributed by atoms with Gasteiger partial charge in [0.2, 0.25) is 9.03 Å². The lowest BCUT2D eigenvalue weighted by Gasteiger charge is -1.94. The molecule has 0 bridgehead atoms. The summed E-state index contributed by atoms with van der Waals surface area (Å²) in [7, 11) is -0.859. The number of hydrogen-bond acceptors (Lipinski definition) is 4. The molecule has 0 aromatic heterocycles. The van der Waals surface area contributed by atoms with Crippen molar-refractivity contribution in [1.29, 1.82) is 0 Å². The Bertz CT molecular complexity index is 113. The summed E-state index contributed by atoms with van der Waals surface area (Å²) in [6, 6.07) is 0. The van der Waals surface area contributed by atoms with Crippen molar-refractivity contribution in [3.05, 3.63) is 12.3 Å². The monoisotopic (exact) mass is 135 g/mol. The zero-order valence-electron chi connectivity index (χ0n) is 4.05. The molecule has 1 unspecified atom stereocenters. The minimum atomic E-state index is -0.859. The Hall–Kier alpha value is -0.600. The third kappa shape index (κ3) is 2.55. The van der Waals surface area contributed by atoms with Crippen molar-refractivity contribution in [3.8, 4) is 0 Å². The highest BCUT2D eigenvalue weighted by molar-refractivity contribution is 7.25. The van der Waals surface area contributed by atoms with Gasteiger partial charge in [-0.15, -0.1) is 0 Å². The molecule has 0 spiro atoms. The Balaban J connectivity index is 3.49. The Kier molecular flexibility index (Phi) is 3.15. The molecule has 46 valence electrons. The third-order valence-electron chi connectivity index (χ3n) is 0.401. The molecular formula is C3H6NO3P. The van der Waals surface area contributed by atoms with E-state index in [4.69, 9.17) is 10.6 Å². The predicted octanol–water partition coefficient (Wildman–Crippen LogP) is -0.497. The van der Waals surface area contributed by atoms with Crippen LogP contribution in [0, 0.1) is 0 Å². The minimum Gasteiger partial charge on any atom is -0.415 e. The number of nitrogens with two attached hydrogens (primary N) is 1. The van der Waals surface area contributed by atoms with Gasteiger partial charge in [-0.2, -0.15) is 0 Å². The Morgan fingerprint density at radius 3 is 2.50 bits per heavy atom. The summed E-state index contributed by atoms with van der Waals surface area (Å²) in [5.74, 6) is -0.772. The van der Waals surface area contributed by atoms with E-state index in [0.29, 0.717) is 0 Å². The Labute approximate surface area is 48.3 Å². The highest BCUT2D eigenvalue weighted by Gasteiger charge is 2.00. The van der Waals surface area contributed by atoms with Crippen molar-refractivity contribution in [2.45, 2.75) is 0 Å². The van der Waals surface area contributed by atoms with E-state index in [0.717, 1.165) is 0 Å². The van der Waals surface area contributed by atoms with E-state index in [2.05, 4.69) is 11.1 Å². The molecule has 0 rings (SSSR count). The van der Waals surface area contributed by atoms with Crippen molar-refractivity contribution >= 4 is 15.0 Å². The first-order valence-electron chi connectivity index (χ1n) is 1.73. The normalized spacial score (nSPS) is 9.62. The van der Waals surface area contributed by atoms with Crippen LogP contribution in [0.15, 0.2) is 12.3 Å². The average Bonchev–Trinajstić information content (AvgIpc) is 1.67. The Morgan fingerprint density at radius 2 is 2.38 bits per heavy atom. The van der Waals surface area contributed by atoms with Gasteiger partial charge in [0.15, 0.2) is 0 Å². The molecule has 1 atom stereocenters. The predicted molar refractivity (Wildman–Crippen MR) is 30.0 cm³/mol. The van der Waals surface area contributed by atoms with Gasteiger partial charge in [-0.3, -0.25) is 0 Å². The summed E-state index contributed by atoms with van der Waals surface area (Å²) < 4.78 is 4.02. The van der Waals surface area contributed by atoms with Gasteiger partial charge in [-0.05, 0) is 0 Å². The van der Waals surface area contributed by atoms with Crippen molar-refractivity contribution < 1.29 is 14.2 Å². The third-order valence-corrected chi connectivity index (χ3v) is 0.677. The highest BCUT2D eigenvalue weighted by atomic mass is 31.1.